The third kappa shape index (κ3) is 1.48. The van der Waals surface area contributed by atoms with E-state index in [-0.39, 0.29) is 0 Å². The van der Waals surface area contributed by atoms with Gasteiger partial charge in [-0.15, -0.1) is 0 Å². The molecule has 1 aromatic carbocycles. The molecule has 0 aliphatic heterocycles. The topological polar surface area (TPSA) is 9.23 Å². The molecule has 1 unspecified atom stereocenters. The van der Waals surface area contributed by atoms with Crippen molar-refractivity contribution >= 4 is 13.9 Å². The molecule has 0 amide bonds. The molecule has 0 fully saturated rings. The quantitative estimate of drug-likeness (QED) is 0.588. The van der Waals surface area contributed by atoms with Crippen LogP contribution in [0.2, 0.25) is 0 Å². The summed E-state index contributed by atoms with van der Waals surface area (Å²) in [7, 11) is 2.24. The number of para-hydroxylation sites is 1. The number of benzene rings is 1. The van der Waals surface area contributed by atoms with Crippen molar-refractivity contribution in [2.24, 2.45) is 0 Å². The van der Waals surface area contributed by atoms with Gasteiger partial charge in [0, 0.05) is 5.30 Å². The van der Waals surface area contributed by atoms with E-state index in [1.165, 1.54) is 5.30 Å². The Morgan fingerprint density at radius 3 is 2.60 bits per heavy atom. The lowest BCUT2D eigenvalue weighted by atomic mass is 10.3. The number of rotatable bonds is 2. The normalized spacial score (nSPS) is 10.6. The zero-order valence-electron chi connectivity index (χ0n) is 5.92. The summed E-state index contributed by atoms with van der Waals surface area (Å²) in [4.78, 5) is 0. The summed E-state index contributed by atoms with van der Waals surface area (Å²) in [6, 6.07) is 7.94. The first-order chi connectivity index (χ1) is 4.88. The Morgan fingerprint density at radius 1 is 1.40 bits per heavy atom. The van der Waals surface area contributed by atoms with E-state index in [1.54, 1.807) is 7.11 Å². The van der Waals surface area contributed by atoms with Gasteiger partial charge in [-0.1, -0.05) is 26.8 Å². The lowest BCUT2D eigenvalue weighted by Gasteiger charge is -2.03. The van der Waals surface area contributed by atoms with Crippen LogP contribution in [0.1, 0.15) is 0 Å². The summed E-state index contributed by atoms with van der Waals surface area (Å²) in [6.07, 6.45) is 0. The minimum Gasteiger partial charge on any atom is -0.496 e. The van der Waals surface area contributed by atoms with Crippen molar-refractivity contribution in [2.75, 3.05) is 7.11 Å². The molecule has 1 aromatic rings. The van der Waals surface area contributed by atoms with Gasteiger partial charge in [-0.2, -0.15) is 0 Å². The Hall–Kier alpha value is -0.550. The molecular formula is C8H10OP. The SMILES string of the molecule is [CH2]Pc1ccccc1OC. The molecule has 1 radical (unpaired) electrons. The van der Waals surface area contributed by atoms with Crippen LogP contribution in [0.25, 0.3) is 0 Å². The zero-order valence-corrected chi connectivity index (χ0v) is 6.92. The fourth-order valence-corrected chi connectivity index (χ4v) is 1.36. The maximum Gasteiger partial charge on any atom is 0.126 e. The van der Waals surface area contributed by atoms with Crippen LogP contribution in [-0.4, -0.2) is 7.11 Å². The van der Waals surface area contributed by atoms with Gasteiger partial charge in [0.2, 0.25) is 0 Å². The fourth-order valence-electron chi connectivity index (χ4n) is 0.791. The number of methoxy groups -OCH3 is 1. The van der Waals surface area contributed by atoms with E-state index >= 15 is 0 Å². The third-order valence-corrected chi connectivity index (χ3v) is 2.09. The van der Waals surface area contributed by atoms with Crippen LogP contribution in [0, 0.1) is 6.66 Å². The Bertz CT molecular complexity index is 187. The minimum absolute atomic E-state index is 0.561. The molecule has 2 heteroatoms. The first kappa shape index (κ1) is 7.56. The number of hydrogen-bond donors (Lipinski definition) is 0. The second kappa shape index (κ2) is 3.58. The monoisotopic (exact) mass is 153 g/mol. The van der Waals surface area contributed by atoms with Gasteiger partial charge >= 0.3 is 0 Å². The van der Waals surface area contributed by atoms with Crippen molar-refractivity contribution in [2.45, 2.75) is 0 Å². The van der Waals surface area contributed by atoms with Gasteiger partial charge in [-0.25, -0.2) is 0 Å². The average molecular weight is 153 g/mol. The Labute approximate surface area is 63.2 Å². The number of ether oxygens (including phenoxy) is 1. The van der Waals surface area contributed by atoms with E-state index in [0.717, 1.165) is 5.75 Å². The molecule has 0 N–H and O–H groups in total. The third-order valence-electron chi connectivity index (χ3n) is 1.30. The molecule has 1 atom stereocenters. The molecule has 0 aliphatic carbocycles. The summed E-state index contributed by atoms with van der Waals surface area (Å²) >= 11 is 0. The fraction of sp³-hybridized carbons (Fsp3) is 0.125. The van der Waals surface area contributed by atoms with Crippen LogP contribution >= 0.6 is 8.58 Å². The molecular weight excluding hydrogens is 143 g/mol. The maximum atomic E-state index is 5.10. The van der Waals surface area contributed by atoms with Crippen molar-refractivity contribution in [1.82, 2.24) is 0 Å². The zero-order chi connectivity index (χ0) is 7.40. The Balaban J connectivity index is 2.96. The summed E-state index contributed by atoms with van der Waals surface area (Å²) in [5, 5.41) is 1.19. The Morgan fingerprint density at radius 2 is 2.10 bits per heavy atom. The van der Waals surface area contributed by atoms with Crippen LogP contribution in [0.3, 0.4) is 0 Å². The molecule has 0 spiro atoms. The lowest BCUT2D eigenvalue weighted by molar-refractivity contribution is 0.418. The van der Waals surface area contributed by atoms with Gasteiger partial charge in [-0.3, -0.25) is 0 Å². The molecule has 0 saturated carbocycles. The molecule has 1 rings (SSSR count). The first-order valence-corrected chi connectivity index (χ1v) is 4.25. The lowest BCUT2D eigenvalue weighted by Crippen LogP contribution is -1.98. The van der Waals surface area contributed by atoms with Gasteiger partial charge in [0.1, 0.15) is 5.75 Å². The number of hydrogen-bond acceptors (Lipinski definition) is 1. The first-order valence-electron chi connectivity index (χ1n) is 3.04. The van der Waals surface area contributed by atoms with Crippen molar-refractivity contribution in [3.63, 3.8) is 0 Å². The van der Waals surface area contributed by atoms with Crippen molar-refractivity contribution in [3.8, 4) is 5.75 Å². The summed E-state index contributed by atoms with van der Waals surface area (Å²) in [6.45, 7) is 3.81. The van der Waals surface area contributed by atoms with E-state index in [4.69, 9.17) is 4.74 Å². The molecule has 10 heavy (non-hydrogen) atoms. The molecule has 53 valence electrons. The minimum atomic E-state index is 0.561. The molecule has 0 heterocycles. The molecule has 0 aliphatic rings. The van der Waals surface area contributed by atoms with E-state index < -0.39 is 0 Å². The van der Waals surface area contributed by atoms with Gasteiger partial charge < -0.3 is 4.74 Å². The maximum absolute atomic E-state index is 5.10. The highest BCUT2D eigenvalue weighted by Gasteiger charge is 1.95. The van der Waals surface area contributed by atoms with Gasteiger partial charge in [-0.05, 0) is 12.7 Å². The van der Waals surface area contributed by atoms with E-state index in [0.29, 0.717) is 8.58 Å². The van der Waals surface area contributed by atoms with Gasteiger partial charge in [0.15, 0.2) is 0 Å². The summed E-state index contributed by atoms with van der Waals surface area (Å²) in [5.74, 6) is 0.941. The van der Waals surface area contributed by atoms with Crippen molar-refractivity contribution < 1.29 is 4.74 Å². The average Bonchev–Trinajstić information content (AvgIpc) is 2.04. The smallest absolute Gasteiger partial charge is 0.126 e. The van der Waals surface area contributed by atoms with E-state index in [9.17, 15) is 0 Å². The van der Waals surface area contributed by atoms with Gasteiger partial charge in [0.25, 0.3) is 0 Å². The highest BCUT2D eigenvalue weighted by atomic mass is 31.1. The summed E-state index contributed by atoms with van der Waals surface area (Å²) < 4.78 is 5.10. The van der Waals surface area contributed by atoms with Crippen LogP contribution in [0.5, 0.6) is 5.75 Å². The molecule has 0 bridgehead atoms. The van der Waals surface area contributed by atoms with Crippen molar-refractivity contribution in [1.29, 1.82) is 0 Å². The molecule has 0 saturated heterocycles. The van der Waals surface area contributed by atoms with Crippen LogP contribution in [0.4, 0.5) is 0 Å². The predicted octanol–water partition coefficient (Wildman–Crippen LogP) is 1.79. The second-order valence-corrected chi connectivity index (χ2v) is 2.77. The van der Waals surface area contributed by atoms with Crippen LogP contribution in [0.15, 0.2) is 24.3 Å². The standard InChI is InChI=1S/C8H10OP/c1-9-7-5-3-4-6-8(7)10-2/h3-6,10H,2H2,1H3. The van der Waals surface area contributed by atoms with Gasteiger partial charge in [0.05, 0.1) is 7.11 Å². The second-order valence-electron chi connectivity index (χ2n) is 1.88. The summed E-state index contributed by atoms with van der Waals surface area (Å²) in [5.41, 5.74) is 0. The highest BCUT2D eigenvalue weighted by molar-refractivity contribution is 7.48. The predicted molar refractivity (Wildman–Crippen MR) is 46.3 cm³/mol. The van der Waals surface area contributed by atoms with E-state index in [1.807, 2.05) is 24.3 Å². The van der Waals surface area contributed by atoms with E-state index in [2.05, 4.69) is 6.66 Å². The molecule has 1 nitrogen and oxygen atoms in total. The molecule has 0 aromatic heterocycles. The highest BCUT2D eigenvalue weighted by Crippen LogP contribution is 2.16. The van der Waals surface area contributed by atoms with Crippen LogP contribution < -0.4 is 10.0 Å². The largest absolute Gasteiger partial charge is 0.496 e. The van der Waals surface area contributed by atoms with Crippen LogP contribution in [-0.2, 0) is 0 Å². The van der Waals surface area contributed by atoms with Crippen molar-refractivity contribution in [3.05, 3.63) is 30.9 Å². The Kier molecular flexibility index (Phi) is 2.70.